The summed E-state index contributed by atoms with van der Waals surface area (Å²) in [6.07, 6.45) is 0. The third-order valence-electron chi connectivity index (χ3n) is 0. The van der Waals surface area contributed by atoms with Gasteiger partial charge in [-0.3, -0.25) is 0 Å². The third-order valence-corrected chi connectivity index (χ3v) is 0. The van der Waals surface area contributed by atoms with Gasteiger partial charge in [-0.05, 0) is 0 Å². The Labute approximate surface area is 89.1 Å². The van der Waals surface area contributed by atoms with E-state index in [9.17, 15) is 0 Å². The van der Waals surface area contributed by atoms with Gasteiger partial charge in [0.1, 0.15) is 0 Å². The van der Waals surface area contributed by atoms with Crippen molar-refractivity contribution >= 4 is 56.2 Å². The molecule has 30 valence electrons. The van der Waals surface area contributed by atoms with Gasteiger partial charge in [-0.25, -0.2) is 0 Å². The smallest absolute Gasteiger partial charge is 0 e. The molecule has 6 heavy (non-hydrogen) atoms. The summed E-state index contributed by atoms with van der Waals surface area (Å²) in [4.78, 5) is 0. The predicted molar refractivity (Wildman–Crippen MR) is 21.0 cm³/mol. The fourth-order valence-electron chi connectivity index (χ4n) is 0. The van der Waals surface area contributed by atoms with Gasteiger partial charge in [-0.1, -0.05) is 0 Å². The number of rotatable bonds is 0. The molecule has 0 unspecified atom stereocenters. The summed E-state index contributed by atoms with van der Waals surface area (Å²) >= 11 is 0. The van der Waals surface area contributed by atoms with E-state index in [0.29, 0.717) is 0 Å². The number of hydrogen-bond acceptors (Lipinski definition) is 3. The fourth-order valence-corrected chi connectivity index (χ4v) is 0. The largest absolute Gasteiger partial charge is 0 e. The van der Waals surface area contributed by atoms with Crippen molar-refractivity contribution in [1.29, 1.82) is 0 Å². The average Bonchev–Trinajstić information content (AvgIpc) is 0.811. The van der Waals surface area contributed by atoms with E-state index in [1.54, 1.807) is 0 Å². The molecule has 0 bridgehead atoms. The van der Waals surface area contributed by atoms with Crippen LogP contribution in [0, 0.1) is 0 Å². The van der Waals surface area contributed by atoms with E-state index in [0.717, 1.165) is 0 Å². The van der Waals surface area contributed by atoms with E-state index in [1.165, 1.54) is 0 Å². The van der Waals surface area contributed by atoms with E-state index in [2.05, 4.69) is 0 Å². The maximum absolute atomic E-state index is 7.17. The summed E-state index contributed by atoms with van der Waals surface area (Å²) in [5.74, 6) is 0. The first-order chi connectivity index (χ1) is 1.73. The Hall–Kier alpha value is 2.14. The van der Waals surface area contributed by atoms with E-state index in [-0.39, 0.29) is 68.4 Å². The molecule has 6 heteroatoms. The maximum atomic E-state index is 7.17. The average molecular weight is 267 g/mol. The van der Waals surface area contributed by atoms with Crippen LogP contribution in [0.2, 0.25) is 0 Å². The van der Waals surface area contributed by atoms with Crippen molar-refractivity contribution in [3.8, 4) is 0 Å². The minimum Gasteiger partial charge on any atom is 0 e. The van der Waals surface area contributed by atoms with Gasteiger partial charge in [0.25, 0.3) is 0 Å². The van der Waals surface area contributed by atoms with Gasteiger partial charge in [-0.2, -0.15) is 0 Å². The molecule has 0 radical (unpaired) electrons. The molecule has 0 aromatic heterocycles. The molecule has 0 spiro atoms. The van der Waals surface area contributed by atoms with Gasteiger partial charge in [-0.15, -0.1) is 0 Å². The topological polar surface area (TPSA) is 60.7 Å². The molecule has 0 aliphatic carbocycles. The van der Waals surface area contributed by atoms with Crippen LogP contribution in [0.4, 0.5) is 0 Å². The SMILES string of the molecule is OB(O)O.[BaH2].[Zn]. The second kappa shape index (κ2) is 10.2. The van der Waals surface area contributed by atoms with Gasteiger partial charge >= 0.3 is 56.2 Å². The van der Waals surface area contributed by atoms with Gasteiger partial charge in [0, 0.05) is 19.5 Å². The molecule has 0 amide bonds. The van der Waals surface area contributed by atoms with Crippen LogP contribution in [0.1, 0.15) is 0 Å². The molecular weight excluding hydrogens is 262 g/mol. The first kappa shape index (κ1) is 15.7. The zero-order valence-electron chi connectivity index (χ0n) is 2.63. The first-order valence-corrected chi connectivity index (χ1v) is 0.775. The van der Waals surface area contributed by atoms with E-state index < -0.39 is 7.32 Å². The van der Waals surface area contributed by atoms with Crippen molar-refractivity contribution in [1.82, 2.24) is 0 Å². The minimum atomic E-state index is -2.17. The van der Waals surface area contributed by atoms with Crippen LogP contribution >= 0.6 is 0 Å². The molecule has 0 fully saturated rings. The van der Waals surface area contributed by atoms with Crippen LogP contribution in [-0.2, 0) is 19.5 Å². The van der Waals surface area contributed by atoms with Gasteiger partial charge in [0.15, 0.2) is 0 Å². The van der Waals surface area contributed by atoms with Crippen LogP contribution in [0.25, 0.3) is 0 Å². The van der Waals surface area contributed by atoms with Crippen LogP contribution < -0.4 is 0 Å². The monoisotopic (exact) mass is 266 g/mol. The molecule has 0 saturated heterocycles. The number of hydrogen-bond donors (Lipinski definition) is 3. The molecule has 0 aromatic rings. The summed E-state index contributed by atoms with van der Waals surface area (Å²) < 4.78 is 0. The summed E-state index contributed by atoms with van der Waals surface area (Å²) in [5, 5.41) is 21.5. The van der Waals surface area contributed by atoms with Crippen LogP contribution in [0.5, 0.6) is 0 Å². The van der Waals surface area contributed by atoms with Crippen LogP contribution in [-0.4, -0.2) is 71.3 Å². The van der Waals surface area contributed by atoms with Crippen LogP contribution in [0.3, 0.4) is 0 Å². The van der Waals surface area contributed by atoms with Crippen molar-refractivity contribution in [2.24, 2.45) is 0 Å². The summed E-state index contributed by atoms with van der Waals surface area (Å²) in [6, 6.07) is 0. The summed E-state index contributed by atoms with van der Waals surface area (Å²) in [6.45, 7) is 0. The molecule has 0 aliphatic rings. The molecule has 0 saturated carbocycles. The second-order valence-electron chi connectivity index (χ2n) is 0.346. The first-order valence-electron chi connectivity index (χ1n) is 0.775. The standard InChI is InChI=1S/BH3O3.Ba.Zn.2H/c2-1(3)4;;;;/h2-4H;;;;. The summed E-state index contributed by atoms with van der Waals surface area (Å²) in [5.41, 5.74) is 0. The van der Waals surface area contributed by atoms with Gasteiger partial charge < -0.3 is 15.1 Å². The minimum absolute atomic E-state index is 0. The molecular formula is H5BBaO3Zn. The molecule has 0 aromatic carbocycles. The van der Waals surface area contributed by atoms with Crippen LogP contribution in [0.15, 0.2) is 0 Å². The van der Waals surface area contributed by atoms with Crippen molar-refractivity contribution in [3.05, 3.63) is 0 Å². The molecule has 0 rings (SSSR count). The van der Waals surface area contributed by atoms with E-state index >= 15 is 0 Å². The Morgan fingerprint density at radius 2 is 1.00 bits per heavy atom. The van der Waals surface area contributed by atoms with Gasteiger partial charge in [0.05, 0.1) is 0 Å². The zero-order chi connectivity index (χ0) is 3.58. The van der Waals surface area contributed by atoms with E-state index in [4.69, 9.17) is 15.1 Å². The maximum Gasteiger partial charge on any atom is 0 e. The quantitative estimate of drug-likeness (QED) is 0.411. The fraction of sp³-hybridized carbons (Fsp3) is 0. The van der Waals surface area contributed by atoms with E-state index in [1.807, 2.05) is 0 Å². The Kier molecular flexibility index (Phi) is 26.7. The van der Waals surface area contributed by atoms with Gasteiger partial charge in [0.2, 0.25) is 0 Å². The molecule has 0 heterocycles. The normalized spacial score (nSPS) is 4.50. The zero-order valence-corrected chi connectivity index (χ0v) is 5.59. The Bertz CT molecular complexity index is 15.5. The third kappa shape index (κ3) is 35.4. The Balaban J connectivity index is -0.0000000450. The Morgan fingerprint density at radius 3 is 1.00 bits per heavy atom. The molecule has 3 nitrogen and oxygen atoms in total. The van der Waals surface area contributed by atoms with Crippen molar-refractivity contribution in [2.75, 3.05) is 0 Å². The summed E-state index contributed by atoms with van der Waals surface area (Å²) in [7, 11) is -2.17. The predicted octanol–water partition coefficient (Wildman–Crippen LogP) is -2.97. The second-order valence-corrected chi connectivity index (χ2v) is 0.346. The molecule has 0 atom stereocenters. The Morgan fingerprint density at radius 1 is 1.00 bits per heavy atom. The van der Waals surface area contributed by atoms with Crippen molar-refractivity contribution in [2.45, 2.75) is 0 Å². The molecule has 3 N–H and O–H groups in total. The van der Waals surface area contributed by atoms with Crippen molar-refractivity contribution in [3.63, 3.8) is 0 Å². The van der Waals surface area contributed by atoms with Crippen molar-refractivity contribution < 1.29 is 34.6 Å². The molecule has 0 aliphatic heterocycles.